The van der Waals surface area contributed by atoms with E-state index in [0.717, 1.165) is 24.2 Å². The Balaban J connectivity index is 1.82. The summed E-state index contributed by atoms with van der Waals surface area (Å²) in [6.45, 7) is 3.43. The third-order valence-electron chi connectivity index (χ3n) is 4.25. The van der Waals surface area contributed by atoms with Gasteiger partial charge >= 0.3 is 6.03 Å². The molecule has 2 unspecified atom stereocenters. The second kappa shape index (κ2) is 6.01. The van der Waals surface area contributed by atoms with Crippen molar-refractivity contribution in [2.75, 3.05) is 13.2 Å². The summed E-state index contributed by atoms with van der Waals surface area (Å²) in [5.41, 5.74) is -0.902. The summed E-state index contributed by atoms with van der Waals surface area (Å²) in [4.78, 5) is 36.7. The van der Waals surface area contributed by atoms with Crippen LogP contribution in [0.15, 0.2) is 0 Å². The van der Waals surface area contributed by atoms with Crippen LogP contribution in [-0.4, -0.2) is 52.6 Å². The van der Waals surface area contributed by atoms with E-state index in [1.807, 2.05) is 0 Å². The van der Waals surface area contributed by atoms with Crippen molar-refractivity contribution in [1.29, 1.82) is 0 Å². The number of hydrogen-bond donors (Lipinski definition) is 3. The minimum Gasteiger partial charge on any atom is -0.396 e. The maximum atomic E-state index is 12.0. The fraction of sp³-hybridized carbons (Fsp3) is 0.786. The zero-order valence-electron chi connectivity index (χ0n) is 12.5. The molecule has 0 radical (unpaired) electrons. The van der Waals surface area contributed by atoms with Gasteiger partial charge in [-0.1, -0.05) is 6.42 Å². The summed E-state index contributed by atoms with van der Waals surface area (Å²) < 4.78 is 0. The minimum atomic E-state index is -0.902. The average molecular weight is 297 g/mol. The first-order valence-electron chi connectivity index (χ1n) is 7.39. The molecule has 7 heteroatoms. The van der Waals surface area contributed by atoms with Gasteiger partial charge in [0.05, 0.1) is 0 Å². The van der Waals surface area contributed by atoms with E-state index in [2.05, 4.69) is 10.6 Å². The van der Waals surface area contributed by atoms with Crippen molar-refractivity contribution in [2.45, 2.75) is 51.1 Å². The standard InChI is InChI=1S/C14H23N3O4/c1-14(2)12(20)17(13(21)16-14)7-6-11(19)15-10-5-3-4-9(10)8-18/h9-10,18H,3-8H2,1-2H3,(H,15,19)(H,16,21). The van der Waals surface area contributed by atoms with Gasteiger partial charge in [0, 0.05) is 31.5 Å². The third kappa shape index (κ3) is 3.34. The SMILES string of the molecule is CC1(C)NC(=O)N(CCC(=O)NC2CCCC2CO)C1=O. The van der Waals surface area contributed by atoms with Crippen LogP contribution in [0.1, 0.15) is 39.5 Å². The number of hydrogen-bond acceptors (Lipinski definition) is 4. The lowest BCUT2D eigenvalue weighted by atomic mass is 10.0. The Morgan fingerprint density at radius 1 is 1.43 bits per heavy atom. The van der Waals surface area contributed by atoms with Crippen LogP contribution in [0.4, 0.5) is 4.79 Å². The summed E-state index contributed by atoms with van der Waals surface area (Å²) in [7, 11) is 0. The Hall–Kier alpha value is -1.63. The molecule has 1 saturated heterocycles. The Labute approximate surface area is 124 Å². The number of nitrogens with one attached hydrogen (secondary N) is 2. The van der Waals surface area contributed by atoms with Gasteiger partial charge in [0.25, 0.3) is 5.91 Å². The Morgan fingerprint density at radius 3 is 2.71 bits per heavy atom. The molecule has 4 amide bonds. The number of carbonyl (C=O) groups excluding carboxylic acids is 3. The van der Waals surface area contributed by atoms with Crippen LogP contribution >= 0.6 is 0 Å². The van der Waals surface area contributed by atoms with E-state index in [9.17, 15) is 19.5 Å². The van der Waals surface area contributed by atoms with Crippen molar-refractivity contribution >= 4 is 17.8 Å². The zero-order chi connectivity index (χ0) is 15.6. The maximum Gasteiger partial charge on any atom is 0.325 e. The molecule has 0 spiro atoms. The van der Waals surface area contributed by atoms with Crippen LogP contribution in [0.3, 0.4) is 0 Å². The van der Waals surface area contributed by atoms with Crippen molar-refractivity contribution in [3.05, 3.63) is 0 Å². The highest BCUT2D eigenvalue weighted by Crippen LogP contribution is 2.25. The van der Waals surface area contributed by atoms with E-state index in [0.29, 0.717) is 0 Å². The lowest BCUT2D eigenvalue weighted by molar-refractivity contribution is -0.130. The molecule has 2 rings (SSSR count). The number of aliphatic hydroxyl groups is 1. The van der Waals surface area contributed by atoms with Crippen molar-refractivity contribution < 1.29 is 19.5 Å². The molecule has 0 aromatic heterocycles. The number of nitrogens with zero attached hydrogens (tertiary/aromatic N) is 1. The van der Waals surface area contributed by atoms with Gasteiger partial charge in [-0.3, -0.25) is 14.5 Å². The van der Waals surface area contributed by atoms with Crippen molar-refractivity contribution in [3.63, 3.8) is 0 Å². The molecule has 1 aliphatic carbocycles. The van der Waals surface area contributed by atoms with Crippen molar-refractivity contribution in [2.24, 2.45) is 5.92 Å². The van der Waals surface area contributed by atoms with Crippen LogP contribution in [0.2, 0.25) is 0 Å². The summed E-state index contributed by atoms with van der Waals surface area (Å²) in [6, 6.07) is -0.450. The molecule has 0 aromatic carbocycles. The Bertz CT molecular complexity index is 450. The Kier molecular flexibility index (Phi) is 4.51. The van der Waals surface area contributed by atoms with Gasteiger partial charge in [-0.2, -0.15) is 0 Å². The predicted molar refractivity (Wildman–Crippen MR) is 75.3 cm³/mol. The van der Waals surface area contributed by atoms with Crippen LogP contribution in [0, 0.1) is 5.92 Å². The number of imide groups is 1. The van der Waals surface area contributed by atoms with Gasteiger partial charge in [0.1, 0.15) is 5.54 Å². The van der Waals surface area contributed by atoms with E-state index < -0.39 is 11.6 Å². The molecule has 1 saturated carbocycles. The molecule has 1 heterocycles. The van der Waals surface area contributed by atoms with Crippen LogP contribution in [0.5, 0.6) is 0 Å². The molecule has 2 atom stereocenters. The van der Waals surface area contributed by atoms with Gasteiger partial charge in [-0.15, -0.1) is 0 Å². The summed E-state index contributed by atoms with van der Waals surface area (Å²) in [5.74, 6) is -0.385. The molecule has 0 aromatic rings. The van der Waals surface area contributed by atoms with Gasteiger partial charge < -0.3 is 15.7 Å². The van der Waals surface area contributed by atoms with Gasteiger partial charge in [-0.05, 0) is 26.7 Å². The second-order valence-electron chi connectivity index (χ2n) is 6.31. The number of urea groups is 1. The molecule has 118 valence electrons. The number of carbonyl (C=O) groups is 3. The summed E-state index contributed by atoms with van der Waals surface area (Å²) in [6.07, 6.45) is 2.87. The normalized spacial score (nSPS) is 27.9. The fourth-order valence-electron chi connectivity index (χ4n) is 2.96. The maximum absolute atomic E-state index is 12.0. The molecule has 21 heavy (non-hydrogen) atoms. The first-order valence-corrected chi connectivity index (χ1v) is 7.39. The van der Waals surface area contributed by atoms with Crippen molar-refractivity contribution in [1.82, 2.24) is 15.5 Å². The lowest BCUT2D eigenvalue weighted by Crippen LogP contribution is -2.42. The zero-order valence-corrected chi connectivity index (χ0v) is 12.5. The summed E-state index contributed by atoms with van der Waals surface area (Å²) in [5, 5.41) is 14.7. The smallest absolute Gasteiger partial charge is 0.325 e. The first kappa shape index (κ1) is 15.8. The van der Waals surface area contributed by atoms with Gasteiger partial charge in [0.2, 0.25) is 5.91 Å². The monoisotopic (exact) mass is 297 g/mol. The van der Waals surface area contributed by atoms with E-state index in [-0.39, 0.29) is 43.3 Å². The molecule has 2 aliphatic rings. The van der Waals surface area contributed by atoms with E-state index >= 15 is 0 Å². The lowest BCUT2D eigenvalue weighted by Gasteiger charge is -2.20. The molecular formula is C14H23N3O4. The first-order chi connectivity index (χ1) is 9.85. The average Bonchev–Trinajstić information content (AvgIpc) is 2.91. The summed E-state index contributed by atoms with van der Waals surface area (Å²) >= 11 is 0. The van der Waals surface area contributed by atoms with Crippen LogP contribution in [0.25, 0.3) is 0 Å². The molecule has 0 bridgehead atoms. The minimum absolute atomic E-state index is 0.00190. The predicted octanol–water partition coefficient (Wildman–Crippen LogP) is -0.0159. The highest BCUT2D eigenvalue weighted by atomic mass is 16.3. The fourth-order valence-corrected chi connectivity index (χ4v) is 2.96. The largest absolute Gasteiger partial charge is 0.396 e. The topological polar surface area (TPSA) is 98.7 Å². The Morgan fingerprint density at radius 2 is 2.14 bits per heavy atom. The van der Waals surface area contributed by atoms with E-state index in [1.165, 1.54) is 0 Å². The van der Waals surface area contributed by atoms with Crippen molar-refractivity contribution in [3.8, 4) is 0 Å². The van der Waals surface area contributed by atoms with E-state index in [1.54, 1.807) is 13.8 Å². The van der Waals surface area contributed by atoms with Gasteiger partial charge in [-0.25, -0.2) is 4.79 Å². The highest BCUT2D eigenvalue weighted by molar-refractivity contribution is 6.06. The molecule has 2 fully saturated rings. The number of aliphatic hydroxyl groups excluding tert-OH is 1. The highest BCUT2D eigenvalue weighted by Gasteiger charge is 2.44. The molecule has 7 nitrogen and oxygen atoms in total. The molecule has 3 N–H and O–H groups in total. The quantitative estimate of drug-likeness (QED) is 0.621. The number of amides is 4. The number of rotatable bonds is 5. The molecule has 1 aliphatic heterocycles. The van der Waals surface area contributed by atoms with Gasteiger partial charge in [0.15, 0.2) is 0 Å². The third-order valence-corrected chi connectivity index (χ3v) is 4.25. The van der Waals surface area contributed by atoms with E-state index in [4.69, 9.17) is 0 Å². The van der Waals surface area contributed by atoms with Crippen LogP contribution in [-0.2, 0) is 9.59 Å². The second-order valence-corrected chi connectivity index (χ2v) is 6.31. The molecular weight excluding hydrogens is 274 g/mol. The van der Waals surface area contributed by atoms with Crippen LogP contribution < -0.4 is 10.6 Å².